The van der Waals surface area contributed by atoms with Gasteiger partial charge < -0.3 is 4.57 Å². The summed E-state index contributed by atoms with van der Waals surface area (Å²) in [5.41, 5.74) is 4.83. The van der Waals surface area contributed by atoms with Crippen LogP contribution in [0.15, 0.2) is 6.20 Å². The van der Waals surface area contributed by atoms with Gasteiger partial charge in [-0.15, -0.1) is 0 Å². The van der Waals surface area contributed by atoms with E-state index in [1.807, 2.05) is 0 Å². The molecule has 0 unspecified atom stereocenters. The summed E-state index contributed by atoms with van der Waals surface area (Å²) in [6.45, 7) is 17.2. The molecule has 0 aromatic carbocycles. The topological polar surface area (TPSA) is 8.17 Å². The minimum atomic E-state index is 0.278. The van der Waals surface area contributed by atoms with Crippen LogP contribution in [0.5, 0.6) is 0 Å². The molecule has 2 heterocycles. The van der Waals surface area contributed by atoms with Crippen LogP contribution >= 0.6 is 0 Å². The average molecular weight is 234 g/mol. The molecule has 0 bridgehead atoms. The number of fused-ring (bicyclic) bond motifs is 1. The van der Waals surface area contributed by atoms with Crippen molar-refractivity contribution >= 4 is 0 Å². The zero-order valence-corrected chi connectivity index (χ0v) is 12.2. The van der Waals surface area contributed by atoms with Gasteiger partial charge in [-0.3, -0.25) is 4.90 Å². The van der Waals surface area contributed by atoms with Gasteiger partial charge in [0.05, 0.1) is 0 Å². The van der Waals surface area contributed by atoms with Crippen molar-refractivity contribution in [3.8, 4) is 0 Å². The van der Waals surface area contributed by atoms with Crippen molar-refractivity contribution in [3.63, 3.8) is 0 Å². The maximum Gasteiger partial charge on any atom is 0.0395 e. The van der Waals surface area contributed by atoms with E-state index < -0.39 is 0 Å². The van der Waals surface area contributed by atoms with Crippen LogP contribution in [0.25, 0.3) is 0 Å². The number of nitrogens with zero attached hydrogens (tertiary/aromatic N) is 2. The normalized spacial score (nSPS) is 17.6. The quantitative estimate of drug-likeness (QED) is 0.721. The highest BCUT2D eigenvalue weighted by Gasteiger charge is 2.27. The third-order valence-electron chi connectivity index (χ3n) is 4.03. The second-order valence-corrected chi connectivity index (χ2v) is 6.60. The predicted molar refractivity (Wildman–Crippen MR) is 73.4 cm³/mol. The second kappa shape index (κ2) is 4.16. The smallest absolute Gasteiger partial charge is 0.0395 e. The summed E-state index contributed by atoms with van der Waals surface area (Å²) in [7, 11) is 0. The van der Waals surface area contributed by atoms with Crippen molar-refractivity contribution in [2.45, 2.75) is 66.1 Å². The van der Waals surface area contributed by atoms with Crippen molar-refractivity contribution in [3.05, 3.63) is 23.0 Å². The molecule has 0 saturated carbocycles. The first kappa shape index (κ1) is 12.7. The molecule has 0 aliphatic carbocycles. The maximum absolute atomic E-state index is 2.58. The van der Waals surface area contributed by atoms with Crippen LogP contribution in [0.4, 0.5) is 0 Å². The molecule has 0 spiro atoms. The molecule has 0 amide bonds. The third kappa shape index (κ3) is 2.28. The minimum absolute atomic E-state index is 0.278. The summed E-state index contributed by atoms with van der Waals surface area (Å²) < 4.78 is 2.47. The second-order valence-electron chi connectivity index (χ2n) is 6.60. The zero-order chi connectivity index (χ0) is 12.8. The van der Waals surface area contributed by atoms with Gasteiger partial charge in [0.1, 0.15) is 0 Å². The molecule has 0 fully saturated rings. The van der Waals surface area contributed by atoms with E-state index in [1.165, 1.54) is 23.4 Å². The van der Waals surface area contributed by atoms with E-state index in [2.05, 4.69) is 57.2 Å². The van der Waals surface area contributed by atoms with Gasteiger partial charge >= 0.3 is 0 Å². The molecule has 96 valence electrons. The van der Waals surface area contributed by atoms with Gasteiger partial charge in [0.25, 0.3) is 0 Å². The average Bonchev–Trinajstić information content (AvgIpc) is 2.54. The van der Waals surface area contributed by atoms with Crippen molar-refractivity contribution in [2.75, 3.05) is 6.54 Å². The summed E-state index contributed by atoms with van der Waals surface area (Å²) in [5, 5.41) is 0. The Balaban J connectivity index is 2.32. The van der Waals surface area contributed by atoms with Crippen molar-refractivity contribution < 1.29 is 0 Å². The number of hydrogen-bond acceptors (Lipinski definition) is 1. The number of hydrogen-bond donors (Lipinski definition) is 0. The van der Waals surface area contributed by atoms with Gasteiger partial charge in [-0.2, -0.15) is 0 Å². The predicted octanol–water partition coefficient (Wildman–Crippen LogP) is 3.53. The highest BCUT2D eigenvalue weighted by Crippen LogP contribution is 2.29. The number of aromatic nitrogens is 1. The summed E-state index contributed by atoms with van der Waals surface area (Å²) >= 11 is 0. The summed E-state index contributed by atoms with van der Waals surface area (Å²) in [4.78, 5) is 2.58. The standard InChI is InChI=1S/C15H26N2/c1-11(2)13-9-16-7-8-17(15(4,5)6)10-14(16)12(13)3/h9,11H,7-8,10H2,1-6H3. The first-order chi connectivity index (χ1) is 7.80. The van der Waals surface area contributed by atoms with Gasteiger partial charge in [0.15, 0.2) is 0 Å². The van der Waals surface area contributed by atoms with Crippen molar-refractivity contribution in [2.24, 2.45) is 0 Å². The lowest BCUT2D eigenvalue weighted by Gasteiger charge is -2.39. The zero-order valence-electron chi connectivity index (χ0n) is 12.2. The highest BCUT2D eigenvalue weighted by atomic mass is 15.2. The molecule has 0 N–H and O–H groups in total. The van der Waals surface area contributed by atoms with Crippen LogP contribution < -0.4 is 0 Å². The fourth-order valence-electron chi connectivity index (χ4n) is 2.78. The molecule has 1 aromatic rings. The van der Waals surface area contributed by atoms with Gasteiger partial charge in [0, 0.05) is 37.1 Å². The molecule has 2 rings (SSSR count). The molecule has 1 aromatic heterocycles. The Morgan fingerprint density at radius 1 is 1.18 bits per heavy atom. The minimum Gasteiger partial charge on any atom is -0.348 e. The van der Waals surface area contributed by atoms with Crippen LogP contribution in [0.1, 0.15) is 57.4 Å². The summed E-state index contributed by atoms with van der Waals surface area (Å²) in [5.74, 6) is 0.635. The molecule has 1 aliphatic heterocycles. The van der Waals surface area contributed by atoms with Crippen LogP contribution in [0.2, 0.25) is 0 Å². The van der Waals surface area contributed by atoms with E-state index in [0.717, 1.165) is 13.1 Å². The lowest BCUT2D eigenvalue weighted by atomic mass is 10.00. The van der Waals surface area contributed by atoms with E-state index in [9.17, 15) is 0 Å². The van der Waals surface area contributed by atoms with Crippen molar-refractivity contribution in [1.82, 2.24) is 9.47 Å². The molecular formula is C15H26N2. The SMILES string of the molecule is Cc1c(C(C)C)cn2c1CN(C(C)(C)C)CC2. The van der Waals surface area contributed by atoms with Crippen LogP contribution in [0.3, 0.4) is 0 Å². The lowest BCUT2D eigenvalue weighted by molar-refractivity contribution is 0.102. The van der Waals surface area contributed by atoms with Crippen LogP contribution in [0, 0.1) is 6.92 Å². The Morgan fingerprint density at radius 3 is 2.35 bits per heavy atom. The van der Waals surface area contributed by atoms with E-state index >= 15 is 0 Å². The first-order valence-corrected chi connectivity index (χ1v) is 6.74. The largest absolute Gasteiger partial charge is 0.348 e. The molecule has 0 atom stereocenters. The van der Waals surface area contributed by atoms with Gasteiger partial charge in [0.2, 0.25) is 0 Å². The highest BCUT2D eigenvalue weighted by molar-refractivity contribution is 5.34. The molecule has 1 aliphatic rings. The van der Waals surface area contributed by atoms with E-state index in [1.54, 1.807) is 0 Å². The lowest BCUT2D eigenvalue weighted by Crippen LogP contribution is -2.45. The summed E-state index contributed by atoms with van der Waals surface area (Å²) in [6.07, 6.45) is 2.37. The fraction of sp³-hybridized carbons (Fsp3) is 0.733. The van der Waals surface area contributed by atoms with Crippen molar-refractivity contribution in [1.29, 1.82) is 0 Å². The number of rotatable bonds is 1. The van der Waals surface area contributed by atoms with E-state index in [-0.39, 0.29) is 5.54 Å². The molecule has 2 heteroatoms. The summed E-state index contributed by atoms with van der Waals surface area (Å²) in [6, 6.07) is 0. The molecule has 2 nitrogen and oxygen atoms in total. The Bertz CT molecular complexity index is 407. The Labute approximate surface area is 106 Å². The van der Waals surface area contributed by atoms with Gasteiger partial charge in [-0.05, 0) is 44.7 Å². The fourth-order valence-corrected chi connectivity index (χ4v) is 2.78. The van der Waals surface area contributed by atoms with Crippen LogP contribution in [-0.2, 0) is 13.1 Å². The van der Waals surface area contributed by atoms with Gasteiger partial charge in [-0.25, -0.2) is 0 Å². The molecular weight excluding hydrogens is 208 g/mol. The Morgan fingerprint density at radius 2 is 1.82 bits per heavy atom. The molecule has 0 radical (unpaired) electrons. The van der Waals surface area contributed by atoms with Gasteiger partial charge in [-0.1, -0.05) is 13.8 Å². The first-order valence-electron chi connectivity index (χ1n) is 6.74. The maximum atomic E-state index is 2.58. The monoisotopic (exact) mass is 234 g/mol. The Hall–Kier alpha value is -0.760. The van der Waals surface area contributed by atoms with E-state index in [4.69, 9.17) is 0 Å². The third-order valence-corrected chi connectivity index (χ3v) is 4.03. The molecule has 0 saturated heterocycles. The van der Waals surface area contributed by atoms with Crippen LogP contribution in [-0.4, -0.2) is 21.6 Å². The molecule has 17 heavy (non-hydrogen) atoms. The van der Waals surface area contributed by atoms with E-state index in [0.29, 0.717) is 5.92 Å². The Kier molecular flexibility index (Phi) is 3.11.